The highest BCUT2D eigenvalue weighted by molar-refractivity contribution is 5.98. The molecule has 1 aromatic heterocycles. The second-order valence-electron chi connectivity index (χ2n) is 7.59. The van der Waals surface area contributed by atoms with E-state index in [1.807, 2.05) is 24.0 Å². The van der Waals surface area contributed by atoms with Gasteiger partial charge in [0.05, 0.1) is 22.9 Å². The minimum Gasteiger partial charge on any atom is -0.338 e. The Balaban J connectivity index is 1.50. The van der Waals surface area contributed by atoms with Crippen LogP contribution in [0.5, 0.6) is 0 Å². The van der Waals surface area contributed by atoms with Crippen LogP contribution in [0.25, 0.3) is 0 Å². The fourth-order valence-corrected chi connectivity index (χ4v) is 4.21. The van der Waals surface area contributed by atoms with Crippen molar-refractivity contribution in [2.24, 2.45) is 12.5 Å². The zero-order valence-corrected chi connectivity index (χ0v) is 15.5. The van der Waals surface area contributed by atoms with Gasteiger partial charge in [-0.1, -0.05) is 0 Å². The van der Waals surface area contributed by atoms with Gasteiger partial charge in [0.1, 0.15) is 0 Å². The molecule has 2 amide bonds. The minimum atomic E-state index is -0.198. The Bertz CT molecular complexity index is 956. The molecule has 2 aliphatic heterocycles. The molecule has 0 radical (unpaired) electrons. The molecule has 7 heteroatoms. The maximum Gasteiger partial charge on any atom is 0.257 e. The van der Waals surface area contributed by atoms with Crippen molar-refractivity contribution in [2.75, 3.05) is 24.5 Å². The number of carbonyl (C=O) groups excluding carboxylic acids is 2. The van der Waals surface area contributed by atoms with Crippen LogP contribution in [-0.4, -0.2) is 46.1 Å². The topological polar surface area (TPSA) is 82.2 Å². The summed E-state index contributed by atoms with van der Waals surface area (Å²) in [4.78, 5) is 29.1. The highest BCUT2D eigenvalue weighted by Crippen LogP contribution is 2.42. The predicted octanol–water partition coefficient (Wildman–Crippen LogP) is 1.87. The Kier molecular flexibility index (Phi) is 3.99. The summed E-state index contributed by atoms with van der Waals surface area (Å²) in [6, 6.07) is 9.16. The number of nitriles is 1. The maximum absolute atomic E-state index is 12.9. The standard InChI is InChI=1S/C20H21N5O2/c1-14-17(11-23(2)22-14)19(27)24-8-7-20(12-24)9-18(26)25(13-20)16-5-3-15(10-21)4-6-16/h3-6,11H,7-9,12-13H2,1-2H3. The Labute approximate surface area is 157 Å². The lowest BCUT2D eigenvalue weighted by atomic mass is 9.86. The van der Waals surface area contributed by atoms with Crippen LogP contribution in [0, 0.1) is 23.7 Å². The van der Waals surface area contributed by atoms with E-state index in [1.54, 1.807) is 35.0 Å². The maximum atomic E-state index is 12.9. The second-order valence-corrected chi connectivity index (χ2v) is 7.59. The lowest BCUT2D eigenvalue weighted by molar-refractivity contribution is -0.117. The normalized spacial score (nSPS) is 21.9. The lowest BCUT2D eigenvalue weighted by Crippen LogP contribution is -2.34. The van der Waals surface area contributed by atoms with Gasteiger partial charge in [-0.2, -0.15) is 10.4 Å². The van der Waals surface area contributed by atoms with Crippen LogP contribution in [-0.2, 0) is 11.8 Å². The van der Waals surface area contributed by atoms with E-state index < -0.39 is 0 Å². The Morgan fingerprint density at radius 2 is 2.00 bits per heavy atom. The molecule has 0 saturated carbocycles. The highest BCUT2D eigenvalue weighted by atomic mass is 16.2. The number of anilines is 1. The predicted molar refractivity (Wildman–Crippen MR) is 99.0 cm³/mol. The van der Waals surface area contributed by atoms with Crippen LogP contribution in [0.2, 0.25) is 0 Å². The van der Waals surface area contributed by atoms with Gasteiger partial charge in [-0.3, -0.25) is 14.3 Å². The number of nitrogens with zero attached hydrogens (tertiary/aromatic N) is 5. The van der Waals surface area contributed by atoms with E-state index in [-0.39, 0.29) is 17.2 Å². The molecule has 2 aliphatic rings. The van der Waals surface area contributed by atoms with Gasteiger partial charge in [0, 0.05) is 50.4 Å². The fraction of sp³-hybridized carbons (Fsp3) is 0.400. The first-order valence-electron chi connectivity index (χ1n) is 9.01. The molecular weight excluding hydrogens is 342 g/mol. The summed E-state index contributed by atoms with van der Waals surface area (Å²) in [5.74, 6) is 0.0633. The van der Waals surface area contributed by atoms with Crippen LogP contribution in [0.3, 0.4) is 0 Å². The zero-order chi connectivity index (χ0) is 19.2. The molecule has 138 valence electrons. The van der Waals surface area contributed by atoms with Gasteiger partial charge < -0.3 is 9.80 Å². The SMILES string of the molecule is Cc1nn(C)cc1C(=O)N1CCC2(CC(=O)N(c3ccc(C#N)cc3)C2)C1. The summed E-state index contributed by atoms with van der Waals surface area (Å²) in [6.07, 6.45) is 3.02. The monoisotopic (exact) mass is 363 g/mol. The van der Waals surface area contributed by atoms with Crippen LogP contribution >= 0.6 is 0 Å². The molecule has 2 fully saturated rings. The number of benzene rings is 1. The van der Waals surface area contributed by atoms with Gasteiger partial charge in [0.2, 0.25) is 5.91 Å². The average Bonchev–Trinajstić information content (AvgIpc) is 3.32. The fourth-order valence-electron chi connectivity index (χ4n) is 4.21. The zero-order valence-electron chi connectivity index (χ0n) is 15.5. The van der Waals surface area contributed by atoms with Crippen LogP contribution in [0.1, 0.15) is 34.5 Å². The first-order chi connectivity index (χ1) is 12.9. The summed E-state index contributed by atoms with van der Waals surface area (Å²) in [5.41, 5.74) is 2.54. The van der Waals surface area contributed by atoms with Crippen molar-refractivity contribution in [1.29, 1.82) is 5.26 Å². The smallest absolute Gasteiger partial charge is 0.257 e. The van der Waals surface area contributed by atoms with Crippen molar-refractivity contribution in [1.82, 2.24) is 14.7 Å². The van der Waals surface area contributed by atoms with Crippen molar-refractivity contribution < 1.29 is 9.59 Å². The highest BCUT2D eigenvalue weighted by Gasteiger charge is 2.49. The Hall–Kier alpha value is -3.14. The first-order valence-corrected chi connectivity index (χ1v) is 9.01. The molecule has 4 rings (SSSR count). The van der Waals surface area contributed by atoms with Crippen molar-refractivity contribution in [3.05, 3.63) is 47.3 Å². The molecule has 2 saturated heterocycles. The van der Waals surface area contributed by atoms with Crippen molar-refractivity contribution in [3.63, 3.8) is 0 Å². The van der Waals surface area contributed by atoms with E-state index in [2.05, 4.69) is 11.2 Å². The molecule has 0 bridgehead atoms. The number of aromatic nitrogens is 2. The van der Waals surface area contributed by atoms with Gasteiger partial charge in [0.15, 0.2) is 0 Å². The third-order valence-electron chi connectivity index (χ3n) is 5.60. The molecule has 0 N–H and O–H groups in total. The van der Waals surface area contributed by atoms with E-state index in [0.29, 0.717) is 37.2 Å². The van der Waals surface area contributed by atoms with Crippen molar-refractivity contribution >= 4 is 17.5 Å². The summed E-state index contributed by atoms with van der Waals surface area (Å²) in [5, 5.41) is 13.2. The van der Waals surface area contributed by atoms with Gasteiger partial charge >= 0.3 is 0 Å². The quantitative estimate of drug-likeness (QED) is 0.816. The third-order valence-corrected chi connectivity index (χ3v) is 5.60. The van der Waals surface area contributed by atoms with E-state index in [4.69, 9.17) is 5.26 Å². The largest absolute Gasteiger partial charge is 0.338 e. The number of carbonyl (C=O) groups is 2. The molecule has 3 heterocycles. The second kappa shape index (κ2) is 6.23. The molecule has 1 aromatic carbocycles. The van der Waals surface area contributed by atoms with Crippen LogP contribution in [0.4, 0.5) is 5.69 Å². The summed E-state index contributed by atoms with van der Waals surface area (Å²) in [6.45, 7) is 3.68. The Morgan fingerprint density at radius 3 is 2.63 bits per heavy atom. The molecule has 7 nitrogen and oxygen atoms in total. The average molecular weight is 363 g/mol. The van der Waals surface area contributed by atoms with E-state index in [9.17, 15) is 9.59 Å². The van der Waals surface area contributed by atoms with E-state index in [0.717, 1.165) is 17.8 Å². The molecule has 27 heavy (non-hydrogen) atoms. The number of likely N-dealkylation sites (tertiary alicyclic amines) is 1. The summed E-state index contributed by atoms with van der Waals surface area (Å²) >= 11 is 0. The van der Waals surface area contributed by atoms with E-state index >= 15 is 0 Å². The molecule has 1 spiro atoms. The number of aryl methyl sites for hydroxylation is 2. The van der Waals surface area contributed by atoms with Gasteiger partial charge in [-0.05, 0) is 37.6 Å². The number of amides is 2. The van der Waals surface area contributed by atoms with E-state index in [1.165, 1.54) is 0 Å². The number of rotatable bonds is 2. The van der Waals surface area contributed by atoms with Gasteiger partial charge in [0.25, 0.3) is 5.91 Å². The molecule has 1 atom stereocenters. The van der Waals surface area contributed by atoms with Gasteiger partial charge in [-0.15, -0.1) is 0 Å². The number of hydrogen-bond acceptors (Lipinski definition) is 4. The van der Waals surface area contributed by atoms with Crippen molar-refractivity contribution in [2.45, 2.75) is 19.8 Å². The lowest BCUT2D eigenvalue weighted by Gasteiger charge is -2.24. The molecular formula is C20H21N5O2. The first kappa shape index (κ1) is 17.3. The minimum absolute atomic E-state index is 0.0123. The number of hydrogen-bond donors (Lipinski definition) is 0. The summed E-state index contributed by atoms with van der Waals surface area (Å²) < 4.78 is 1.65. The molecule has 0 aliphatic carbocycles. The molecule has 1 unspecified atom stereocenters. The van der Waals surface area contributed by atoms with Crippen LogP contribution in [0.15, 0.2) is 30.5 Å². The summed E-state index contributed by atoms with van der Waals surface area (Å²) in [7, 11) is 1.81. The Morgan fingerprint density at radius 1 is 1.26 bits per heavy atom. The van der Waals surface area contributed by atoms with Crippen LogP contribution < -0.4 is 4.90 Å². The van der Waals surface area contributed by atoms with Gasteiger partial charge in [-0.25, -0.2) is 0 Å². The third kappa shape index (κ3) is 2.97. The molecule has 2 aromatic rings. The van der Waals surface area contributed by atoms with Crippen molar-refractivity contribution in [3.8, 4) is 6.07 Å².